The van der Waals surface area contributed by atoms with E-state index in [2.05, 4.69) is 16.4 Å². The van der Waals surface area contributed by atoms with Gasteiger partial charge < -0.3 is 0 Å². The standard InChI is InChI=1S/C15H11FN2/c1-2-12-8-9-13(15(16)10-12)11-17-18-14-6-4-3-5-7-14/h1,3-11,18H. The van der Waals surface area contributed by atoms with E-state index < -0.39 is 0 Å². The van der Waals surface area contributed by atoms with E-state index in [0.29, 0.717) is 11.1 Å². The van der Waals surface area contributed by atoms with E-state index in [4.69, 9.17) is 6.42 Å². The van der Waals surface area contributed by atoms with Crippen molar-refractivity contribution in [2.45, 2.75) is 0 Å². The fourth-order valence-electron chi connectivity index (χ4n) is 1.41. The summed E-state index contributed by atoms with van der Waals surface area (Å²) in [6.45, 7) is 0. The Morgan fingerprint density at radius 2 is 1.94 bits per heavy atom. The summed E-state index contributed by atoms with van der Waals surface area (Å²) in [5, 5.41) is 3.96. The second-order valence-corrected chi connectivity index (χ2v) is 3.62. The molecule has 0 aromatic heterocycles. The number of hydrogen-bond acceptors (Lipinski definition) is 2. The van der Waals surface area contributed by atoms with E-state index >= 15 is 0 Å². The first kappa shape index (κ1) is 11.9. The number of benzene rings is 2. The minimum atomic E-state index is -0.385. The zero-order chi connectivity index (χ0) is 12.8. The Morgan fingerprint density at radius 1 is 1.17 bits per heavy atom. The fourth-order valence-corrected chi connectivity index (χ4v) is 1.41. The number of nitrogens with zero attached hydrogens (tertiary/aromatic N) is 1. The lowest BCUT2D eigenvalue weighted by Gasteiger charge is -2.00. The summed E-state index contributed by atoms with van der Waals surface area (Å²) in [5.41, 5.74) is 4.55. The van der Waals surface area contributed by atoms with Gasteiger partial charge >= 0.3 is 0 Å². The Balaban J connectivity index is 2.08. The zero-order valence-corrected chi connectivity index (χ0v) is 9.60. The molecule has 88 valence electrons. The minimum Gasteiger partial charge on any atom is -0.279 e. The average molecular weight is 238 g/mol. The number of nitrogens with one attached hydrogen (secondary N) is 1. The van der Waals surface area contributed by atoms with Gasteiger partial charge in [-0.15, -0.1) is 6.42 Å². The van der Waals surface area contributed by atoms with Crippen molar-refractivity contribution >= 4 is 11.9 Å². The van der Waals surface area contributed by atoms with Crippen LogP contribution in [0.2, 0.25) is 0 Å². The number of halogens is 1. The van der Waals surface area contributed by atoms with Gasteiger partial charge in [0.05, 0.1) is 11.9 Å². The fraction of sp³-hybridized carbons (Fsp3) is 0. The predicted molar refractivity (Wildman–Crippen MR) is 72.0 cm³/mol. The van der Waals surface area contributed by atoms with Crippen LogP contribution in [-0.4, -0.2) is 6.21 Å². The van der Waals surface area contributed by atoms with Gasteiger partial charge in [0.1, 0.15) is 5.82 Å². The molecule has 0 fully saturated rings. The molecule has 0 aliphatic heterocycles. The van der Waals surface area contributed by atoms with Crippen molar-refractivity contribution in [3.8, 4) is 12.3 Å². The molecule has 0 heterocycles. The molecule has 0 bridgehead atoms. The van der Waals surface area contributed by atoms with Crippen LogP contribution in [0.5, 0.6) is 0 Å². The van der Waals surface area contributed by atoms with Gasteiger partial charge in [0.25, 0.3) is 0 Å². The molecule has 2 rings (SSSR count). The number of hydrazone groups is 1. The summed E-state index contributed by atoms with van der Waals surface area (Å²) in [4.78, 5) is 0. The Hall–Kier alpha value is -2.60. The van der Waals surface area contributed by atoms with Crippen LogP contribution in [0, 0.1) is 18.2 Å². The van der Waals surface area contributed by atoms with Crippen molar-refractivity contribution in [1.29, 1.82) is 0 Å². The highest BCUT2D eigenvalue weighted by atomic mass is 19.1. The first-order valence-corrected chi connectivity index (χ1v) is 5.40. The molecule has 0 saturated heterocycles. The third kappa shape index (κ3) is 2.96. The lowest BCUT2D eigenvalue weighted by Crippen LogP contribution is -1.93. The molecule has 0 unspecified atom stereocenters. The highest BCUT2D eigenvalue weighted by Crippen LogP contribution is 2.08. The highest BCUT2D eigenvalue weighted by molar-refractivity contribution is 5.80. The molecular weight excluding hydrogens is 227 g/mol. The van der Waals surface area contributed by atoms with Crippen LogP contribution >= 0.6 is 0 Å². The number of anilines is 1. The van der Waals surface area contributed by atoms with Crippen LogP contribution in [0.25, 0.3) is 0 Å². The molecule has 0 amide bonds. The van der Waals surface area contributed by atoms with E-state index in [1.54, 1.807) is 12.1 Å². The Morgan fingerprint density at radius 3 is 2.61 bits per heavy atom. The van der Waals surface area contributed by atoms with Crippen molar-refractivity contribution in [3.05, 3.63) is 65.5 Å². The van der Waals surface area contributed by atoms with Crippen molar-refractivity contribution in [2.75, 3.05) is 5.43 Å². The minimum absolute atomic E-state index is 0.385. The molecule has 2 aromatic carbocycles. The van der Waals surface area contributed by atoms with Gasteiger partial charge in [0.2, 0.25) is 0 Å². The molecule has 2 aromatic rings. The molecule has 1 N–H and O–H groups in total. The summed E-state index contributed by atoms with van der Waals surface area (Å²) in [6, 6.07) is 14.0. The summed E-state index contributed by atoms with van der Waals surface area (Å²) in [5.74, 6) is 1.99. The van der Waals surface area contributed by atoms with Crippen LogP contribution in [0.1, 0.15) is 11.1 Å². The predicted octanol–water partition coefficient (Wildman–Crippen LogP) is 3.25. The third-order valence-corrected chi connectivity index (χ3v) is 2.34. The monoisotopic (exact) mass is 238 g/mol. The van der Waals surface area contributed by atoms with Crippen molar-refractivity contribution < 1.29 is 4.39 Å². The number of para-hydroxylation sites is 1. The van der Waals surface area contributed by atoms with Crippen LogP contribution < -0.4 is 5.43 Å². The van der Waals surface area contributed by atoms with Crippen LogP contribution in [-0.2, 0) is 0 Å². The SMILES string of the molecule is C#Cc1ccc(C=NNc2ccccc2)c(F)c1. The second kappa shape index (κ2) is 5.65. The van der Waals surface area contributed by atoms with Gasteiger partial charge in [-0.2, -0.15) is 5.10 Å². The highest BCUT2D eigenvalue weighted by Gasteiger charge is 1.99. The maximum atomic E-state index is 13.5. The molecule has 3 heteroatoms. The van der Waals surface area contributed by atoms with Gasteiger partial charge in [-0.05, 0) is 30.3 Å². The molecule has 0 radical (unpaired) electrons. The van der Waals surface area contributed by atoms with Gasteiger partial charge in [-0.1, -0.05) is 24.1 Å². The molecular formula is C15H11FN2. The summed E-state index contributed by atoms with van der Waals surface area (Å²) in [7, 11) is 0. The zero-order valence-electron chi connectivity index (χ0n) is 9.60. The first-order valence-electron chi connectivity index (χ1n) is 5.40. The number of terminal acetylenes is 1. The smallest absolute Gasteiger partial charge is 0.133 e. The Kier molecular flexibility index (Phi) is 3.72. The molecule has 0 spiro atoms. The Labute approximate surface area is 105 Å². The van der Waals surface area contributed by atoms with E-state index in [1.165, 1.54) is 12.3 Å². The average Bonchev–Trinajstić information content (AvgIpc) is 2.42. The van der Waals surface area contributed by atoms with Gasteiger partial charge in [-0.25, -0.2) is 4.39 Å². The van der Waals surface area contributed by atoms with E-state index in [-0.39, 0.29) is 5.82 Å². The van der Waals surface area contributed by atoms with Gasteiger partial charge in [-0.3, -0.25) is 5.43 Å². The van der Waals surface area contributed by atoms with E-state index in [9.17, 15) is 4.39 Å². The van der Waals surface area contributed by atoms with Gasteiger partial charge in [0.15, 0.2) is 0 Å². The van der Waals surface area contributed by atoms with Crippen LogP contribution in [0.4, 0.5) is 10.1 Å². The lowest BCUT2D eigenvalue weighted by molar-refractivity contribution is 0.625. The van der Waals surface area contributed by atoms with Crippen molar-refractivity contribution in [1.82, 2.24) is 0 Å². The van der Waals surface area contributed by atoms with Crippen molar-refractivity contribution in [3.63, 3.8) is 0 Å². The quantitative estimate of drug-likeness (QED) is 0.495. The topological polar surface area (TPSA) is 24.4 Å². The summed E-state index contributed by atoms with van der Waals surface area (Å²) >= 11 is 0. The first-order chi connectivity index (χ1) is 8.79. The second-order valence-electron chi connectivity index (χ2n) is 3.62. The lowest BCUT2D eigenvalue weighted by atomic mass is 10.1. The number of hydrogen-bond donors (Lipinski definition) is 1. The normalized spacial score (nSPS) is 10.2. The van der Waals surface area contributed by atoms with E-state index in [0.717, 1.165) is 5.69 Å². The summed E-state index contributed by atoms with van der Waals surface area (Å²) < 4.78 is 13.5. The van der Waals surface area contributed by atoms with Crippen LogP contribution in [0.3, 0.4) is 0 Å². The van der Waals surface area contributed by atoms with Crippen molar-refractivity contribution in [2.24, 2.45) is 5.10 Å². The Bertz CT molecular complexity index is 598. The molecule has 18 heavy (non-hydrogen) atoms. The molecule has 0 aliphatic rings. The number of rotatable bonds is 3. The molecule has 0 atom stereocenters. The molecule has 2 nitrogen and oxygen atoms in total. The van der Waals surface area contributed by atoms with Gasteiger partial charge in [0, 0.05) is 11.1 Å². The maximum Gasteiger partial charge on any atom is 0.133 e. The molecule has 0 saturated carbocycles. The largest absolute Gasteiger partial charge is 0.279 e. The third-order valence-electron chi connectivity index (χ3n) is 2.34. The molecule has 0 aliphatic carbocycles. The van der Waals surface area contributed by atoms with E-state index in [1.807, 2.05) is 30.3 Å². The van der Waals surface area contributed by atoms with Crippen LogP contribution in [0.15, 0.2) is 53.6 Å². The summed E-state index contributed by atoms with van der Waals surface area (Å²) in [6.07, 6.45) is 6.60. The maximum absolute atomic E-state index is 13.5.